The number of nitrogens with zero attached hydrogens (tertiary/aromatic N) is 2. The molecule has 2 aromatic rings. The Morgan fingerprint density at radius 1 is 1.20 bits per heavy atom. The number of aromatic nitrogens is 2. The molecule has 3 nitrogen and oxygen atoms in total. The number of hydrogen-bond donors (Lipinski definition) is 1. The van der Waals surface area contributed by atoms with E-state index in [2.05, 4.69) is 9.97 Å². The van der Waals surface area contributed by atoms with Crippen molar-refractivity contribution >= 4 is 23.2 Å². The third-order valence-electron chi connectivity index (χ3n) is 1.87. The smallest absolute Gasteiger partial charge is 0.223 e. The van der Waals surface area contributed by atoms with E-state index in [0.717, 1.165) is 5.56 Å². The van der Waals surface area contributed by atoms with Gasteiger partial charge in [-0.2, -0.15) is 0 Å². The van der Waals surface area contributed by atoms with E-state index in [4.69, 9.17) is 23.2 Å². The molecule has 0 fully saturated rings. The van der Waals surface area contributed by atoms with Crippen LogP contribution < -0.4 is 0 Å². The Kier molecular flexibility index (Phi) is 2.75. The molecular weight excluding hydrogens is 235 g/mol. The van der Waals surface area contributed by atoms with Gasteiger partial charge in [-0.05, 0) is 29.3 Å². The van der Waals surface area contributed by atoms with Crippen LogP contribution in [0.4, 0.5) is 0 Å². The van der Waals surface area contributed by atoms with Crippen molar-refractivity contribution in [1.82, 2.24) is 9.97 Å². The Hall–Kier alpha value is -1.32. The molecule has 0 radical (unpaired) electrons. The second-order valence-electron chi connectivity index (χ2n) is 2.89. The second kappa shape index (κ2) is 4.04. The minimum absolute atomic E-state index is 0.101. The summed E-state index contributed by atoms with van der Waals surface area (Å²) in [6.45, 7) is 0. The Morgan fingerprint density at radius 3 is 2.67 bits per heavy atom. The van der Waals surface area contributed by atoms with Gasteiger partial charge in [0, 0.05) is 11.8 Å². The number of hydrogen-bond acceptors (Lipinski definition) is 3. The summed E-state index contributed by atoms with van der Waals surface area (Å²) in [6.07, 6.45) is 1.52. The van der Waals surface area contributed by atoms with Crippen molar-refractivity contribution in [3.8, 4) is 16.9 Å². The average Bonchev–Trinajstić information content (AvgIpc) is 2.17. The highest BCUT2D eigenvalue weighted by Gasteiger charge is 2.06. The summed E-state index contributed by atoms with van der Waals surface area (Å²) < 4.78 is 0. The van der Waals surface area contributed by atoms with Crippen LogP contribution in [0.5, 0.6) is 5.75 Å². The van der Waals surface area contributed by atoms with E-state index in [0.29, 0.717) is 5.56 Å². The van der Waals surface area contributed by atoms with Gasteiger partial charge in [-0.1, -0.05) is 23.7 Å². The molecule has 15 heavy (non-hydrogen) atoms. The summed E-state index contributed by atoms with van der Waals surface area (Å²) in [5, 5.41) is 9.68. The van der Waals surface area contributed by atoms with Crippen LogP contribution >= 0.6 is 23.2 Å². The second-order valence-corrected chi connectivity index (χ2v) is 3.59. The van der Waals surface area contributed by atoms with Gasteiger partial charge in [-0.25, -0.2) is 9.97 Å². The fourth-order valence-electron chi connectivity index (χ4n) is 1.21. The van der Waals surface area contributed by atoms with Crippen LogP contribution in [0.25, 0.3) is 11.1 Å². The lowest BCUT2D eigenvalue weighted by molar-refractivity contribution is 0.475. The molecule has 0 unspecified atom stereocenters. The van der Waals surface area contributed by atoms with Crippen molar-refractivity contribution in [1.29, 1.82) is 0 Å². The zero-order chi connectivity index (χ0) is 10.8. The van der Waals surface area contributed by atoms with Gasteiger partial charge in [0.1, 0.15) is 10.9 Å². The first-order valence-corrected chi connectivity index (χ1v) is 4.90. The minimum atomic E-state index is 0.101. The van der Waals surface area contributed by atoms with E-state index < -0.39 is 0 Å². The molecule has 0 aliphatic heterocycles. The van der Waals surface area contributed by atoms with E-state index in [9.17, 15) is 5.11 Å². The Balaban J connectivity index is 2.54. The van der Waals surface area contributed by atoms with Crippen molar-refractivity contribution in [3.63, 3.8) is 0 Å². The molecule has 0 saturated carbocycles. The predicted molar refractivity (Wildman–Crippen MR) is 59.2 cm³/mol. The zero-order valence-corrected chi connectivity index (χ0v) is 9.00. The number of aromatic hydroxyl groups is 1. The molecule has 1 aromatic heterocycles. The molecule has 5 heteroatoms. The Labute approximate surface area is 96.3 Å². The van der Waals surface area contributed by atoms with Crippen LogP contribution in [0, 0.1) is 0 Å². The minimum Gasteiger partial charge on any atom is -0.508 e. The molecule has 0 amide bonds. The first-order valence-electron chi connectivity index (χ1n) is 4.14. The molecule has 0 bridgehead atoms. The first kappa shape index (κ1) is 10.2. The molecule has 0 aliphatic rings. The maximum absolute atomic E-state index is 9.31. The topological polar surface area (TPSA) is 46.0 Å². The van der Waals surface area contributed by atoms with Crippen molar-refractivity contribution in [2.24, 2.45) is 0 Å². The Morgan fingerprint density at radius 2 is 2.00 bits per heavy atom. The quantitative estimate of drug-likeness (QED) is 0.616. The fraction of sp³-hybridized carbons (Fsp3) is 0. The zero-order valence-electron chi connectivity index (χ0n) is 7.48. The molecule has 2 rings (SSSR count). The van der Waals surface area contributed by atoms with Gasteiger partial charge in [0.05, 0.1) is 0 Å². The highest BCUT2D eigenvalue weighted by atomic mass is 35.5. The van der Waals surface area contributed by atoms with E-state index >= 15 is 0 Å². The summed E-state index contributed by atoms with van der Waals surface area (Å²) in [5.74, 6) is 0.165. The summed E-state index contributed by atoms with van der Waals surface area (Å²) in [5.41, 5.74) is 1.38. The van der Waals surface area contributed by atoms with Crippen LogP contribution in [0.2, 0.25) is 10.4 Å². The molecule has 1 N–H and O–H groups in total. The van der Waals surface area contributed by atoms with Gasteiger partial charge in [0.15, 0.2) is 0 Å². The van der Waals surface area contributed by atoms with Gasteiger partial charge in [0.2, 0.25) is 5.28 Å². The van der Waals surface area contributed by atoms with E-state index in [1.54, 1.807) is 24.3 Å². The number of halogens is 2. The fourth-order valence-corrected chi connectivity index (χ4v) is 1.62. The normalized spacial score (nSPS) is 10.3. The summed E-state index contributed by atoms with van der Waals surface area (Å²) in [4.78, 5) is 7.65. The largest absolute Gasteiger partial charge is 0.508 e. The van der Waals surface area contributed by atoms with Crippen LogP contribution in [0.15, 0.2) is 30.5 Å². The standard InChI is InChI=1S/C10H6Cl2N2O/c11-9-8(5-13-10(12)14-9)6-2-1-3-7(15)4-6/h1-5,15H. The van der Waals surface area contributed by atoms with Crippen molar-refractivity contribution < 1.29 is 5.11 Å². The van der Waals surface area contributed by atoms with E-state index in [1.165, 1.54) is 6.20 Å². The highest BCUT2D eigenvalue weighted by Crippen LogP contribution is 2.28. The van der Waals surface area contributed by atoms with Crippen molar-refractivity contribution in [2.75, 3.05) is 0 Å². The SMILES string of the molecule is Oc1cccc(-c2cnc(Cl)nc2Cl)c1. The number of phenols is 1. The van der Waals surface area contributed by atoms with Gasteiger partial charge in [-0.3, -0.25) is 0 Å². The molecular formula is C10H6Cl2N2O. The highest BCUT2D eigenvalue weighted by molar-refractivity contribution is 6.33. The monoisotopic (exact) mass is 240 g/mol. The van der Waals surface area contributed by atoms with Crippen LogP contribution in [0.1, 0.15) is 0 Å². The number of phenolic OH excluding ortho intramolecular Hbond substituents is 1. The lowest BCUT2D eigenvalue weighted by Crippen LogP contribution is -1.87. The molecule has 0 atom stereocenters. The lowest BCUT2D eigenvalue weighted by Gasteiger charge is -2.03. The number of benzene rings is 1. The molecule has 76 valence electrons. The maximum atomic E-state index is 9.31. The molecule has 1 heterocycles. The summed E-state index contributed by atoms with van der Waals surface area (Å²) in [7, 11) is 0. The van der Waals surface area contributed by atoms with Crippen molar-refractivity contribution in [2.45, 2.75) is 0 Å². The lowest BCUT2D eigenvalue weighted by atomic mass is 10.1. The number of rotatable bonds is 1. The van der Waals surface area contributed by atoms with Crippen LogP contribution in [-0.2, 0) is 0 Å². The summed E-state index contributed by atoms with van der Waals surface area (Å²) >= 11 is 11.5. The van der Waals surface area contributed by atoms with Crippen LogP contribution in [-0.4, -0.2) is 15.1 Å². The van der Waals surface area contributed by atoms with E-state index in [-0.39, 0.29) is 16.2 Å². The molecule has 0 spiro atoms. The van der Waals surface area contributed by atoms with E-state index in [1.807, 2.05) is 0 Å². The van der Waals surface area contributed by atoms with Gasteiger partial charge in [-0.15, -0.1) is 0 Å². The predicted octanol–water partition coefficient (Wildman–Crippen LogP) is 3.16. The molecule has 1 aromatic carbocycles. The van der Waals surface area contributed by atoms with Gasteiger partial charge < -0.3 is 5.11 Å². The molecule has 0 aliphatic carbocycles. The van der Waals surface area contributed by atoms with Crippen LogP contribution in [0.3, 0.4) is 0 Å². The van der Waals surface area contributed by atoms with Crippen molar-refractivity contribution in [3.05, 3.63) is 40.9 Å². The van der Waals surface area contributed by atoms with Gasteiger partial charge in [0.25, 0.3) is 0 Å². The third-order valence-corrected chi connectivity index (χ3v) is 2.34. The molecule has 0 saturated heterocycles. The average molecular weight is 241 g/mol. The maximum Gasteiger partial charge on any atom is 0.223 e. The third kappa shape index (κ3) is 2.19. The Bertz CT molecular complexity index is 503. The van der Waals surface area contributed by atoms with Gasteiger partial charge >= 0.3 is 0 Å². The summed E-state index contributed by atoms with van der Waals surface area (Å²) in [6, 6.07) is 6.68. The first-order chi connectivity index (χ1) is 7.16.